The summed E-state index contributed by atoms with van der Waals surface area (Å²) in [6, 6.07) is 13.5. The first-order chi connectivity index (χ1) is 14.5. The maximum Gasteiger partial charge on any atom is 0.414 e. The zero-order chi connectivity index (χ0) is 21.1. The van der Waals surface area contributed by atoms with Gasteiger partial charge in [0.15, 0.2) is 0 Å². The van der Waals surface area contributed by atoms with E-state index in [1.165, 1.54) is 22.1 Å². The number of morpholine rings is 1. The molecule has 0 aromatic heterocycles. The number of benzene rings is 2. The summed E-state index contributed by atoms with van der Waals surface area (Å²) in [5, 5.41) is 0. The number of carbonyl (C=O) groups is 1. The van der Waals surface area contributed by atoms with E-state index in [1.54, 1.807) is 12.1 Å². The van der Waals surface area contributed by atoms with Crippen molar-refractivity contribution < 1.29 is 18.7 Å². The number of hydrogen-bond acceptors (Lipinski definition) is 4. The topological polar surface area (TPSA) is 42.0 Å². The second-order valence-corrected chi connectivity index (χ2v) is 8.24. The average molecular weight is 429 g/mol. The lowest BCUT2D eigenvalue weighted by Gasteiger charge is -2.29. The van der Waals surface area contributed by atoms with Crippen molar-refractivity contribution in [2.45, 2.75) is 46.1 Å². The van der Waals surface area contributed by atoms with Crippen molar-refractivity contribution in [2.75, 3.05) is 42.6 Å². The summed E-state index contributed by atoms with van der Waals surface area (Å²) < 4.78 is 25.6. The lowest BCUT2D eigenvalue weighted by molar-refractivity contribution is 0.122. The lowest BCUT2D eigenvalue weighted by atomic mass is 9.94. The number of rotatable bonds is 6. The Hall–Kier alpha value is -2.60. The number of ether oxygens (including phenoxy) is 2. The molecular formula is C25H33FN2O3. The molecule has 1 amide bonds. The van der Waals surface area contributed by atoms with Crippen LogP contribution in [-0.2, 0) is 9.47 Å². The van der Waals surface area contributed by atoms with E-state index in [9.17, 15) is 9.18 Å². The molecule has 31 heavy (non-hydrogen) atoms. The molecule has 2 aromatic carbocycles. The van der Waals surface area contributed by atoms with E-state index in [2.05, 4.69) is 38.1 Å². The standard InChI is InChI=1S/C24H29FN2O3.CH4/c1-17-3-6-19(7-4-17)18(2)5-9-21-16-27(24(28)30-21)20-8-10-23(22(25)15-20)26-11-13-29-14-12-26;/h3-4,6-8,10,15,18,21H,5,9,11-14,16H2,1-2H3;1H4/t18-,21-;/m1./s1. The molecule has 0 spiro atoms. The number of aryl methyl sites for hydroxylation is 1. The molecule has 0 unspecified atom stereocenters. The predicted molar refractivity (Wildman–Crippen MR) is 123 cm³/mol. The third-order valence-corrected chi connectivity index (χ3v) is 6.04. The fraction of sp³-hybridized carbons (Fsp3) is 0.480. The zero-order valence-electron chi connectivity index (χ0n) is 17.6. The van der Waals surface area contributed by atoms with Crippen molar-refractivity contribution in [3.8, 4) is 0 Å². The van der Waals surface area contributed by atoms with Gasteiger partial charge in [-0.15, -0.1) is 0 Å². The summed E-state index contributed by atoms with van der Waals surface area (Å²) in [5.74, 6) is 0.0715. The number of hydrogen-bond donors (Lipinski definition) is 0. The predicted octanol–water partition coefficient (Wildman–Crippen LogP) is 5.52. The second-order valence-electron chi connectivity index (χ2n) is 8.24. The van der Waals surface area contributed by atoms with Crippen LogP contribution in [0, 0.1) is 12.7 Å². The third-order valence-electron chi connectivity index (χ3n) is 6.04. The highest BCUT2D eigenvalue weighted by atomic mass is 19.1. The first-order valence-electron chi connectivity index (χ1n) is 10.7. The Kier molecular flexibility index (Phi) is 7.55. The molecule has 2 fully saturated rings. The Morgan fingerprint density at radius 1 is 1.13 bits per heavy atom. The summed E-state index contributed by atoms with van der Waals surface area (Å²) in [4.78, 5) is 15.9. The molecule has 0 aliphatic carbocycles. The summed E-state index contributed by atoms with van der Waals surface area (Å²) in [5.41, 5.74) is 3.64. The third kappa shape index (κ3) is 5.37. The molecule has 2 saturated heterocycles. The Morgan fingerprint density at radius 2 is 1.84 bits per heavy atom. The molecule has 6 heteroatoms. The van der Waals surface area contributed by atoms with E-state index < -0.39 is 6.09 Å². The molecule has 2 atom stereocenters. The minimum Gasteiger partial charge on any atom is -0.444 e. The van der Waals surface area contributed by atoms with Gasteiger partial charge >= 0.3 is 6.09 Å². The second kappa shape index (κ2) is 10.1. The van der Waals surface area contributed by atoms with Gasteiger partial charge in [-0.2, -0.15) is 0 Å². The van der Waals surface area contributed by atoms with Gasteiger partial charge in [-0.05, 0) is 49.4 Å². The average Bonchev–Trinajstić information content (AvgIpc) is 3.13. The zero-order valence-corrected chi connectivity index (χ0v) is 17.6. The van der Waals surface area contributed by atoms with Gasteiger partial charge < -0.3 is 14.4 Å². The lowest BCUT2D eigenvalue weighted by Crippen LogP contribution is -2.36. The largest absolute Gasteiger partial charge is 0.444 e. The molecule has 168 valence electrons. The van der Waals surface area contributed by atoms with Gasteiger partial charge in [0.2, 0.25) is 0 Å². The molecule has 2 heterocycles. The molecule has 4 rings (SSSR count). The van der Waals surface area contributed by atoms with E-state index in [0.717, 1.165) is 12.8 Å². The van der Waals surface area contributed by atoms with Gasteiger partial charge in [0, 0.05) is 13.1 Å². The van der Waals surface area contributed by atoms with Crippen molar-refractivity contribution in [3.05, 3.63) is 59.4 Å². The van der Waals surface area contributed by atoms with Crippen LogP contribution in [-0.4, -0.2) is 45.0 Å². The summed E-state index contributed by atoms with van der Waals surface area (Å²) in [7, 11) is 0. The summed E-state index contributed by atoms with van der Waals surface area (Å²) in [6.45, 7) is 7.27. The summed E-state index contributed by atoms with van der Waals surface area (Å²) in [6.07, 6.45) is 1.14. The number of cyclic esters (lactones) is 1. The van der Waals surface area contributed by atoms with Crippen LogP contribution in [0.1, 0.15) is 44.2 Å². The molecule has 2 aromatic rings. The van der Waals surface area contributed by atoms with Crippen LogP contribution < -0.4 is 9.80 Å². The monoisotopic (exact) mass is 428 g/mol. The molecule has 0 N–H and O–H groups in total. The van der Waals surface area contributed by atoms with Gasteiger partial charge in [0.1, 0.15) is 11.9 Å². The number of halogens is 1. The van der Waals surface area contributed by atoms with Crippen LogP contribution in [0.4, 0.5) is 20.6 Å². The Balaban J connectivity index is 0.00000272. The molecule has 0 radical (unpaired) electrons. The van der Waals surface area contributed by atoms with Crippen LogP contribution >= 0.6 is 0 Å². The van der Waals surface area contributed by atoms with Crippen LogP contribution in [0.3, 0.4) is 0 Å². The van der Waals surface area contributed by atoms with Gasteiger partial charge in [-0.1, -0.05) is 44.2 Å². The quantitative estimate of drug-likeness (QED) is 0.608. The van der Waals surface area contributed by atoms with Gasteiger partial charge in [-0.25, -0.2) is 9.18 Å². The number of amides is 1. The van der Waals surface area contributed by atoms with Crippen LogP contribution in [0.15, 0.2) is 42.5 Å². The van der Waals surface area contributed by atoms with E-state index >= 15 is 0 Å². The smallest absolute Gasteiger partial charge is 0.414 e. The molecule has 0 bridgehead atoms. The fourth-order valence-electron chi connectivity index (χ4n) is 4.10. The first-order valence-corrected chi connectivity index (χ1v) is 10.7. The highest BCUT2D eigenvalue weighted by Gasteiger charge is 2.33. The van der Waals surface area contributed by atoms with E-state index in [1.807, 2.05) is 4.90 Å². The number of carbonyl (C=O) groups excluding carboxylic acids is 1. The minimum absolute atomic E-state index is 0. The Morgan fingerprint density at radius 3 is 2.52 bits per heavy atom. The summed E-state index contributed by atoms with van der Waals surface area (Å²) >= 11 is 0. The number of anilines is 2. The fourth-order valence-corrected chi connectivity index (χ4v) is 4.10. The highest BCUT2D eigenvalue weighted by molar-refractivity contribution is 5.90. The van der Waals surface area contributed by atoms with Crippen molar-refractivity contribution in [3.63, 3.8) is 0 Å². The van der Waals surface area contributed by atoms with E-state index in [4.69, 9.17) is 9.47 Å². The van der Waals surface area contributed by atoms with Gasteiger partial charge in [-0.3, -0.25) is 4.90 Å². The molecular weight excluding hydrogens is 395 g/mol. The van der Waals surface area contributed by atoms with Crippen molar-refractivity contribution in [1.82, 2.24) is 0 Å². The minimum atomic E-state index is -0.401. The van der Waals surface area contributed by atoms with E-state index in [0.29, 0.717) is 50.1 Å². The Labute approximate surface area is 184 Å². The molecule has 5 nitrogen and oxygen atoms in total. The SMILES string of the molecule is C.Cc1ccc([C@H](C)CC[C@@H]2CN(c3ccc(N4CCOCC4)c(F)c3)C(=O)O2)cc1. The molecule has 0 saturated carbocycles. The van der Waals surface area contributed by atoms with Crippen LogP contribution in [0.25, 0.3) is 0 Å². The van der Waals surface area contributed by atoms with Crippen LogP contribution in [0.2, 0.25) is 0 Å². The normalized spacial score (nSPS) is 19.7. The highest BCUT2D eigenvalue weighted by Crippen LogP contribution is 2.30. The molecule has 2 aliphatic rings. The van der Waals surface area contributed by atoms with E-state index in [-0.39, 0.29) is 19.3 Å². The van der Waals surface area contributed by atoms with Crippen LogP contribution in [0.5, 0.6) is 0 Å². The Bertz CT molecular complexity index is 881. The van der Waals surface area contributed by atoms with Crippen molar-refractivity contribution >= 4 is 17.5 Å². The van der Waals surface area contributed by atoms with Crippen molar-refractivity contribution in [2.24, 2.45) is 0 Å². The van der Waals surface area contributed by atoms with Gasteiger partial charge in [0.05, 0.1) is 31.1 Å². The maximum atomic E-state index is 14.7. The maximum absolute atomic E-state index is 14.7. The van der Waals surface area contributed by atoms with Crippen molar-refractivity contribution in [1.29, 1.82) is 0 Å². The van der Waals surface area contributed by atoms with Gasteiger partial charge in [0.25, 0.3) is 0 Å². The number of nitrogens with zero attached hydrogens (tertiary/aromatic N) is 2. The molecule has 2 aliphatic heterocycles. The first kappa shape index (κ1) is 23.1.